The number of nitrogens with zero attached hydrogens (tertiary/aromatic N) is 4. The van der Waals surface area contributed by atoms with Gasteiger partial charge in [0.25, 0.3) is 5.92 Å². The third-order valence-corrected chi connectivity index (χ3v) is 6.26. The van der Waals surface area contributed by atoms with Crippen LogP contribution in [0.5, 0.6) is 0 Å². The van der Waals surface area contributed by atoms with Gasteiger partial charge in [-0.05, 0) is 40.9 Å². The van der Waals surface area contributed by atoms with Crippen molar-refractivity contribution in [1.82, 2.24) is 14.5 Å². The number of hydrogen-bond acceptors (Lipinski definition) is 3. The summed E-state index contributed by atoms with van der Waals surface area (Å²) >= 11 is 3.52. The molecule has 0 amide bonds. The highest BCUT2D eigenvalue weighted by molar-refractivity contribution is 9.10. The fraction of sp³-hybridized carbons (Fsp3) is 0.588. The SMILES string of the molecule is FC1(F)CC(N2C3CCC2CN(c2ccnn4cc(Br)cc24)C3)C1. The minimum Gasteiger partial charge on any atom is -0.367 e. The van der Waals surface area contributed by atoms with Crippen molar-refractivity contribution >= 4 is 27.1 Å². The van der Waals surface area contributed by atoms with Crippen LogP contribution in [0.3, 0.4) is 0 Å². The van der Waals surface area contributed by atoms with Crippen molar-refractivity contribution in [3.05, 3.63) is 29.0 Å². The standard InChI is InChI=1S/C17H19BrF2N4/c18-11-5-16-15(3-4-21-23(16)8-11)22-9-12-1-2-13(10-22)24(12)14-6-17(19,20)7-14/h3-5,8,12-14H,1-2,6-7,9-10H2. The first kappa shape index (κ1) is 15.1. The first-order chi connectivity index (χ1) is 11.5. The Morgan fingerprint density at radius 2 is 1.83 bits per heavy atom. The molecule has 1 aliphatic carbocycles. The molecule has 2 bridgehead atoms. The van der Waals surface area contributed by atoms with Crippen molar-refractivity contribution in [3.63, 3.8) is 0 Å². The Bertz CT molecular complexity index is 770. The highest BCUT2D eigenvalue weighted by atomic mass is 79.9. The molecule has 0 radical (unpaired) electrons. The summed E-state index contributed by atoms with van der Waals surface area (Å²) in [4.78, 5) is 4.82. The summed E-state index contributed by atoms with van der Waals surface area (Å²) in [5.41, 5.74) is 2.28. The predicted octanol–water partition coefficient (Wildman–Crippen LogP) is 3.55. The third-order valence-electron chi connectivity index (χ3n) is 5.82. The molecule has 2 aliphatic heterocycles. The summed E-state index contributed by atoms with van der Waals surface area (Å²) in [5, 5.41) is 4.36. The molecular weight excluding hydrogens is 378 g/mol. The monoisotopic (exact) mass is 396 g/mol. The first-order valence-electron chi connectivity index (χ1n) is 8.53. The van der Waals surface area contributed by atoms with Crippen molar-refractivity contribution < 1.29 is 8.78 Å². The van der Waals surface area contributed by atoms with Gasteiger partial charge >= 0.3 is 0 Å². The Labute approximate surface area is 147 Å². The van der Waals surface area contributed by atoms with Crippen molar-refractivity contribution in [2.75, 3.05) is 18.0 Å². The van der Waals surface area contributed by atoms with Crippen molar-refractivity contribution in [2.24, 2.45) is 0 Å². The minimum atomic E-state index is -2.43. The summed E-state index contributed by atoms with van der Waals surface area (Å²) in [6.45, 7) is 1.84. The lowest BCUT2D eigenvalue weighted by Crippen LogP contribution is -2.62. The molecule has 0 spiro atoms. The van der Waals surface area contributed by atoms with Gasteiger partial charge in [0.2, 0.25) is 0 Å². The van der Waals surface area contributed by atoms with Crippen LogP contribution in [0, 0.1) is 0 Å². The predicted molar refractivity (Wildman–Crippen MR) is 91.7 cm³/mol. The van der Waals surface area contributed by atoms with Gasteiger partial charge in [0, 0.05) is 60.9 Å². The number of aromatic nitrogens is 2. The lowest BCUT2D eigenvalue weighted by atomic mass is 9.85. The third kappa shape index (κ3) is 2.28. The lowest BCUT2D eigenvalue weighted by Gasteiger charge is -2.50. The maximum atomic E-state index is 13.3. The highest BCUT2D eigenvalue weighted by Crippen LogP contribution is 2.46. The maximum absolute atomic E-state index is 13.3. The quantitative estimate of drug-likeness (QED) is 0.775. The fourth-order valence-electron chi connectivity index (χ4n) is 4.80. The molecule has 24 heavy (non-hydrogen) atoms. The van der Waals surface area contributed by atoms with E-state index in [4.69, 9.17) is 0 Å². The maximum Gasteiger partial charge on any atom is 0.251 e. The molecular formula is C17H19BrF2N4. The molecule has 3 fully saturated rings. The molecule has 1 saturated carbocycles. The van der Waals surface area contributed by atoms with E-state index >= 15 is 0 Å². The topological polar surface area (TPSA) is 23.8 Å². The molecule has 3 aliphatic rings. The average Bonchev–Trinajstić information content (AvgIpc) is 3.00. The van der Waals surface area contributed by atoms with Gasteiger partial charge in [0.05, 0.1) is 11.2 Å². The van der Waals surface area contributed by atoms with Crippen LogP contribution in [-0.2, 0) is 0 Å². The first-order valence-corrected chi connectivity index (χ1v) is 9.33. The van der Waals surface area contributed by atoms with Crippen molar-refractivity contribution in [3.8, 4) is 0 Å². The number of alkyl halides is 2. The van der Waals surface area contributed by atoms with Crippen LogP contribution >= 0.6 is 15.9 Å². The van der Waals surface area contributed by atoms with Crippen LogP contribution in [-0.4, -0.2) is 51.7 Å². The largest absolute Gasteiger partial charge is 0.367 e. The molecule has 4 nitrogen and oxygen atoms in total. The van der Waals surface area contributed by atoms with Crippen molar-refractivity contribution in [2.45, 2.75) is 49.7 Å². The number of halogens is 3. The zero-order valence-corrected chi connectivity index (χ0v) is 14.8. The van der Waals surface area contributed by atoms with E-state index in [1.54, 1.807) is 0 Å². The molecule has 7 heteroatoms. The Kier molecular flexibility index (Phi) is 3.23. The molecule has 4 heterocycles. The summed E-state index contributed by atoms with van der Waals surface area (Å²) in [6, 6.07) is 5.03. The Morgan fingerprint density at radius 3 is 2.50 bits per heavy atom. The van der Waals surface area contributed by atoms with Gasteiger partial charge in [0.1, 0.15) is 0 Å². The van der Waals surface area contributed by atoms with E-state index in [0.717, 1.165) is 35.9 Å². The Morgan fingerprint density at radius 1 is 1.12 bits per heavy atom. The number of anilines is 1. The molecule has 0 N–H and O–H groups in total. The lowest BCUT2D eigenvalue weighted by molar-refractivity contribution is -0.134. The zero-order chi connectivity index (χ0) is 16.5. The molecule has 2 atom stereocenters. The van der Waals surface area contributed by atoms with Crippen LogP contribution in [0.15, 0.2) is 29.0 Å². The van der Waals surface area contributed by atoms with Gasteiger partial charge in [-0.25, -0.2) is 13.3 Å². The number of hydrogen-bond donors (Lipinski definition) is 0. The summed E-state index contributed by atoms with van der Waals surface area (Å²) < 4.78 is 29.5. The second-order valence-electron chi connectivity index (χ2n) is 7.36. The Hall–Kier alpha value is -1.21. The van der Waals surface area contributed by atoms with E-state index in [-0.39, 0.29) is 18.9 Å². The fourth-order valence-corrected chi connectivity index (χ4v) is 5.22. The van der Waals surface area contributed by atoms with E-state index in [9.17, 15) is 8.78 Å². The van der Waals surface area contributed by atoms with Crippen LogP contribution in [0.1, 0.15) is 25.7 Å². The smallest absolute Gasteiger partial charge is 0.251 e. The van der Waals surface area contributed by atoms with E-state index in [1.165, 1.54) is 5.69 Å². The summed E-state index contributed by atoms with van der Waals surface area (Å²) in [7, 11) is 0. The molecule has 2 aromatic rings. The van der Waals surface area contributed by atoms with E-state index < -0.39 is 5.92 Å². The van der Waals surface area contributed by atoms with Gasteiger partial charge in [-0.1, -0.05) is 0 Å². The second-order valence-corrected chi connectivity index (χ2v) is 8.28. The van der Waals surface area contributed by atoms with E-state index in [2.05, 4.69) is 43.0 Å². The van der Waals surface area contributed by atoms with Gasteiger partial charge in [0.15, 0.2) is 0 Å². The molecule has 2 aromatic heterocycles. The highest BCUT2D eigenvalue weighted by Gasteiger charge is 2.53. The van der Waals surface area contributed by atoms with E-state index in [1.807, 2.05) is 16.9 Å². The van der Waals surface area contributed by atoms with Gasteiger partial charge in [-0.2, -0.15) is 5.10 Å². The molecule has 5 rings (SSSR count). The van der Waals surface area contributed by atoms with Crippen LogP contribution in [0.4, 0.5) is 14.5 Å². The zero-order valence-electron chi connectivity index (χ0n) is 13.2. The molecule has 2 saturated heterocycles. The number of piperazine rings is 1. The minimum absolute atomic E-state index is 0.0468. The van der Waals surface area contributed by atoms with Gasteiger partial charge in [-0.15, -0.1) is 0 Å². The van der Waals surface area contributed by atoms with Crippen LogP contribution in [0.25, 0.3) is 5.52 Å². The average molecular weight is 397 g/mol. The molecule has 2 unspecified atom stereocenters. The summed E-state index contributed by atoms with van der Waals surface area (Å²) in [6.07, 6.45) is 6.12. The van der Waals surface area contributed by atoms with Crippen molar-refractivity contribution in [1.29, 1.82) is 0 Å². The van der Waals surface area contributed by atoms with Gasteiger partial charge < -0.3 is 4.90 Å². The van der Waals surface area contributed by atoms with Gasteiger partial charge in [-0.3, -0.25) is 4.90 Å². The molecule has 0 aromatic carbocycles. The molecule has 128 valence electrons. The van der Waals surface area contributed by atoms with E-state index in [0.29, 0.717) is 12.1 Å². The second kappa shape index (κ2) is 5.14. The van der Waals surface area contributed by atoms with Crippen LogP contribution < -0.4 is 4.90 Å². The Balaban J connectivity index is 1.41. The van der Waals surface area contributed by atoms with Crippen LogP contribution in [0.2, 0.25) is 0 Å². The normalized spacial score (nSPS) is 30.0. The number of rotatable bonds is 2. The number of fused-ring (bicyclic) bond motifs is 3. The summed E-state index contributed by atoms with van der Waals surface area (Å²) in [5.74, 6) is -2.43.